The molecular formula is C18H23N5O3. The van der Waals surface area contributed by atoms with Crippen LogP contribution < -0.4 is 0 Å². The van der Waals surface area contributed by atoms with Crippen molar-refractivity contribution in [2.75, 3.05) is 33.4 Å². The van der Waals surface area contributed by atoms with Crippen LogP contribution in [-0.4, -0.2) is 75.6 Å². The molecule has 3 aliphatic rings. The molecule has 0 radical (unpaired) electrons. The highest BCUT2D eigenvalue weighted by atomic mass is 16.5. The number of ether oxygens (including phenoxy) is 1. The van der Waals surface area contributed by atoms with Gasteiger partial charge < -0.3 is 14.5 Å². The van der Waals surface area contributed by atoms with E-state index in [1.165, 1.54) is 0 Å². The predicted octanol–water partition coefficient (Wildman–Crippen LogP) is 0.747. The molecule has 2 amide bonds. The van der Waals surface area contributed by atoms with Gasteiger partial charge in [-0.1, -0.05) is 0 Å². The molecular weight excluding hydrogens is 334 g/mol. The lowest BCUT2D eigenvalue weighted by atomic mass is 9.94. The van der Waals surface area contributed by atoms with E-state index in [-0.39, 0.29) is 23.8 Å². The number of nitrogens with zero attached hydrogens (tertiary/aromatic N) is 5. The Hall–Kier alpha value is -2.48. The van der Waals surface area contributed by atoms with Gasteiger partial charge in [0.1, 0.15) is 0 Å². The first kappa shape index (κ1) is 17.0. The summed E-state index contributed by atoms with van der Waals surface area (Å²) in [5, 5.41) is 4.23. The van der Waals surface area contributed by atoms with Crippen LogP contribution in [0.15, 0.2) is 18.5 Å². The molecule has 2 aromatic rings. The SMILES string of the molecule is COCCN1C(=O)[C@@H]2CC[C@H]1CN(C(=O)c1cnc3ccnn3c1C)C2. The summed E-state index contributed by atoms with van der Waals surface area (Å²) in [6, 6.07) is 1.86. The number of aromatic nitrogens is 3. The van der Waals surface area contributed by atoms with E-state index >= 15 is 0 Å². The Kier molecular flexibility index (Phi) is 4.36. The Morgan fingerprint density at radius 1 is 1.35 bits per heavy atom. The van der Waals surface area contributed by atoms with Crippen molar-refractivity contribution in [3.05, 3.63) is 29.7 Å². The van der Waals surface area contributed by atoms with Gasteiger partial charge in [-0.15, -0.1) is 0 Å². The number of carbonyl (C=O) groups is 2. The summed E-state index contributed by atoms with van der Waals surface area (Å²) in [5.74, 6) is -0.0621. The van der Waals surface area contributed by atoms with Gasteiger partial charge in [-0.2, -0.15) is 5.10 Å². The van der Waals surface area contributed by atoms with Crippen LogP contribution in [0.1, 0.15) is 28.9 Å². The second-order valence-electron chi connectivity index (χ2n) is 7.02. The third kappa shape index (κ3) is 2.74. The quantitative estimate of drug-likeness (QED) is 0.807. The van der Waals surface area contributed by atoms with Gasteiger partial charge in [-0.05, 0) is 19.8 Å². The van der Waals surface area contributed by atoms with Crippen LogP contribution in [0.5, 0.6) is 0 Å². The molecule has 5 heterocycles. The molecule has 3 aliphatic heterocycles. The van der Waals surface area contributed by atoms with Crippen molar-refractivity contribution >= 4 is 17.5 Å². The van der Waals surface area contributed by atoms with Gasteiger partial charge in [0.2, 0.25) is 5.91 Å². The molecule has 2 atom stereocenters. The summed E-state index contributed by atoms with van der Waals surface area (Å²) in [6.45, 7) is 3.99. The highest BCUT2D eigenvalue weighted by Crippen LogP contribution is 2.30. The van der Waals surface area contributed by atoms with E-state index in [9.17, 15) is 9.59 Å². The first-order chi connectivity index (χ1) is 12.6. The fourth-order valence-corrected chi connectivity index (χ4v) is 4.06. The number of rotatable bonds is 4. The average Bonchev–Trinajstić information content (AvgIpc) is 2.96. The minimum atomic E-state index is -0.128. The van der Waals surface area contributed by atoms with E-state index in [1.807, 2.05) is 16.7 Å². The third-order valence-electron chi connectivity index (χ3n) is 5.50. The van der Waals surface area contributed by atoms with E-state index in [0.717, 1.165) is 24.2 Å². The number of hydrogen-bond acceptors (Lipinski definition) is 5. The first-order valence-electron chi connectivity index (χ1n) is 8.98. The molecule has 26 heavy (non-hydrogen) atoms. The molecule has 0 unspecified atom stereocenters. The standard InChI is InChI=1S/C18H23N5O3/c1-12-15(9-19-16-5-6-20-23(12)16)18(25)21-10-13-3-4-14(11-21)22(17(13)24)7-8-26-2/h5-6,9,13-14H,3-4,7-8,10-11H2,1-2H3/t13-,14+/m1/s1. The second kappa shape index (κ2) is 6.68. The highest BCUT2D eigenvalue weighted by Gasteiger charge is 2.42. The number of carbonyl (C=O) groups excluding carboxylic acids is 2. The number of methoxy groups -OCH3 is 1. The minimum absolute atomic E-state index is 0.0575. The molecule has 138 valence electrons. The molecule has 8 heteroatoms. The summed E-state index contributed by atoms with van der Waals surface area (Å²) in [5.41, 5.74) is 2.03. The molecule has 0 saturated carbocycles. The van der Waals surface area contributed by atoms with Gasteiger partial charge in [-0.25, -0.2) is 9.50 Å². The monoisotopic (exact) mass is 357 g/mol. The lowest BCUT2D eigenvalue weighted by molar-refractivity contribution is -0.140. The van der Waals surface area contributed by atoms with Crippen molar-refractivity contribution in [3.63, 3.8) is 0 Å². The van der Waals surface area contributed by atoms with Crippen molar-refractivity contribution in [2.24, 2.45) is 5.92 Å². The van der Waals surface area contributed by atoms with Crippen LogP contribution >= 0.6 is 0 Å². The number of hydrogen-bond donors (Lipinski definition) is 0. The van der Waals surface area contributed by atoms with Crippen LogP contribution in [0.3, 0.4) is 0 Å². The van der Waals surface area contributed by atoms with Crippen molar-refractivity contribution in [3.8, 4) is 0 Å². The Balaban J connectivity index is 1.60. The van der Waals surface area contributed by atoms with Crippen LogP contribution in [0.2, 0.25) is 0 Å². The second-order valence-corrected chi connectivity index (χ2v) is 7.02. The predicted molar refractivity (Wildman–Crippen MR) is 93.7 cm³/mol. The van der Waals surface area contributed by atoms with E-state index in [1.54, 1.807) is 30.1 Å². The van der Waals surface area contributed by atoms with Crippen molar-refractivity contribution in [2.45, 2.75) is 25.8 Å². The topological polar surface area (TPSA) is 80.0 Å². The van der Waals surface area contributed by atoms with Gasteiger partial charge in [0, 0.05) is 45.0 Å². The van der Waals surface area contributed by atoms with Crippen LogP contribution in [0, 0.1) is 12.8 Å². The van der Waals surface area contributed by atoms with Gasteiger partial charge in [-0.3, -0.25) is 9.59 Å². The van der Waals surface area contributed by atoms with E-state index in [2.05, 4.69) is 10.1 Å². The van der Waals surface area contributed by atoms with Crippen LogP contribution in [0.4, 0.5) is 0 Å². The van der Waals surface area contributed by atoms with Gasteiger partial charge in [0.25, 0.3) is 5.91 Å². The maximum atomic E-state index is 13.2. The van der Waals surface area contributed by atoms with E-state index in [0.29, 0.717) is 31.8 Å². The molecule has 0 spiro atoms. The zero-order valence-corrected chi connectivity index (χ0v) is 15.1. The van der Waals surface area contributed by atoms with Crippen molar-refractivity contribution < 1.29 is 14.3 Å². The van der Waals surface area contributed by atoms with E-state index in [4.69, 9.17) is 4.74 Å². The third-order valence-corrected chi connectivity index (χ3v) is 5.50. The van der Waals surface area contributed by atoms with Gasteiger partial charge in [0.15, 0.2) is 5.65 Å². The average molecular weight is 357 g/mol. The molecule has 3 saturated heterocycles. The van der Waals surface area contributed by atoms with Crippen molar-refractivity contribution in [1.82, 2.24) is 24.4 Å². The van der Waals surface area contributed by atoms with Gasteiger partial charge >= 0.3 is 0 Å². The Morgan fingerprint density at radius 3 is 3.00 bits per heavy atom. The highest BCUT2D eigenvalue weighted by molar-refractivity contribution is 5.96. The molecule has 5 rings (SSSR count). The molecule has 0 aliphatic carbocycles. The lowest BCUT2D eigenvalue weighted by Crippen LogP contribution is -2.49. The van der Waals surface area contributed by atoms with Crippen LogP contribution in [-0.2, 0) is 9.53 Å². The number of fused-ring (bicyclic) bond motifs is 5. The number of piperidine rings is 1. The molecule has 0 N–H and O–H groups in total. The normalized spacial score (nSPS) is 22.9. The summed E-state index contributed by atoms with van der Waals surface area (Å²) < 4.78 is 6.82. The van der Waals surface area contributed by atoms with Crippen molar-refractivity contribution in [1.29, 1.82) is 0 Å². The number of amides is 2. The molecule has 2 aromatic heterocycles. The Bertz CT molecular complexity index is 848. The summed E-state index contributed by atoms with van der Waals surface area (Å²) in [7, 11) is 1.64. The fraction of sp³-hybridized carbons (Fsp3) is 0.556. The maximum Gasteiger partial charge on any atom is 0.257 e. The summed E-state index contributed by atoms with van der Waals surface area (Å²) >= 11 is 0. The summed E-state index contributed by atoms with van der Waals surface area (Å²) in [4.78, 5) is 33.9. The summed E-state index contributed by atoms with van der Waals surface area (Å²) in [6.07, 6.45) is 5.06. The molecule has 3 fully saturated rings. The minimum Gasteiger partial charge on any atom is -0.383 e. The zero-order chi connectivity index (χ0) is 18.3. The largest absolute Gasteiger partial charge is 0.383 e. The molecule has 0 aromatic carbocycles. The number of aryl methyl sites for hydroxylation is 1. The van der Waals surface area contributed by atoms with Gasteiger partial charge in [0.05, 0.1) is 30.0 Å². The Morgan fingerprint density at radius 2 is 2.19 bits per heavy atom. The fourth-order valence-electron chi connectivity index (χ4n) is 4.06. The Labute approximate surface area is 151 Å². The molecule has 2 bridgehead atoms. The lowest BCUT2D eigenvalue weighted by Gasteiger charge is -2.35. The molecule has 8 nitrogen and oxygen atoms in total. The smallest absolute Gasteiger partial charge is 0.257 e. The maximum absolute atomic E-state index is 13.2. The first-order valence-corrected chi connectivity index (χ1v) is 8.98. The van der Waals surface area contributed by atoms with Crippen LogP contribution in [0.25, 0.3) is 5.65 Å². The zero-order valence-electron chi connectivity index (χ0n) is 15.1. The van der Waals surface area contributed by atoms with E-state index < -0.39 is 0 Å².